The minimum Gasteiger partial charge on any atom is -0.387 e. The Kier molecular flexibility index (Phi) is 7.66. The van der Waals surface area contributed by atoms with Crippen LogP contribution in [0.5, 0.6) is 0 Å². The minimum atomic E-state index is -0.574. The Labute approximate surface area is 118 Å². The molecule has 0 aliphatic carbocycles. The molecule has 0 saturated carbocycles. The maximum absolute atomic E-state index is 11.7. The molecule has 1 aromatic heterocycles. The van der Waals surface area contributed by atoms with Crippen molar-refractivity contribution < 1.29 is 14.6 Å². The van der Waals surface area contributed by atoms with E-state index in [9.17, 15) is 9.90 Å². The fourth-order valence-electron chi connectivity index (χ4n) is 1.54. The number of nitrogens with one attached hydrogen (secondary N) is 2. The number of rotatable bonds is 9. The van der Waals surface area contributed by atoms with Crippen LogP contribution in [0.3, 0.4) is 0 Å². The Bertz CT molecular complexity index is 357. The predicted molar refractivity (Wildman–Crippen MR) is 76.2 cm³/mol. The van der Waals surface area contributed by atoms with E-state index in [0.717, 1.165) is 12.0 Å². The summed E-state index contributed by atoms with van der Waals surface area (Å²) >= 11 is 1.55. The molecule has 0 spiro atoms. The highest BCUT2D eigenvalue weighted by Crippen LogP contribution is 2.15. The molecule has 0 bridgehead atoms. The molecule has 1 aromatic rings. The SMILES string of the molecule is COCCCNC(=O)C(C)NCC(O)c1ccsc1. The third kappa shape index (κ3) is 6.15. The van der Waals surface area contributed by atoms with Crippen LogP contribution in [0.1, 0.15) is 25.0 Å². The molecule has 5 nitrogen and oxygen atoms in total. The van der Waals surface area contributed by atoms with Gasteiger partial charge in [-0.25, -0.2) is 0 Å². The normalized spacial score (nSPS) is 14.1. The Morgan fingerprint density at radius 1 is 1.58 bits per heavy atom. The molecule has 1 heterocycles. The first-order chi connectivity index (χ1) is 9.15. The Hall–Kier alpha value is -0.950. The molecule has 1 rings (SSSR count). The molecule has 0 aromatic carbocycles. The van der Waals surface area contributed by atoms with Crippen LogP contribution in [-0.4, -0.2) is 43.9 Å². The second-order valence-corrected chi connectivity index (χ2v) is 5.12. The number of hydrogen-bond acceptors (Lipinski definition) is 5. The van der Waals surface area contributed by atoms with Crippen LogP contribution in [-0.2, 0) is 9.53 Å². The van der Waals surface area contributed by atoms with Gasteiger partial charge in [-0.2, -0.15) is 11.3 Å². The zero-order valence-electron chi connectivity index (χ0n) is 11.4. The van der Waals surface area contributed by atoms with Crippen molar-refractivity contribution in [1.82, 2.24) is 10.6 Å². The largest absolute Gasteiger partial charge is 0.387 e. The van der Waals surface area contributed by atoms with Crippen molar-refractivity contribution >= 4 is 17.2 Å². The molecule has 0 radical (unpaired) electrons. The van der Waals surface area contributed by atoms with Gasteiger partial charge in [-0.15, -0.1) is 0 Å². The molecule has 2 atom stereocenters. The number of amides is 1. The van der Waals surface area contributed by atoms with Gasteiger partial charge in [0.2, 0.25) is 5.91 Å². The van der Waals surface area contributed by atoms with E-state index in [1.54, 1.807) is 25.4 Å². The van der Waals surface area contributed by atoms with E-state index >= 15 is 0 Å². The van der Waals surface area contributed by atoms with Crippen molar-refractivity contribution in [3.05, 3.63) is 22.4 Å². The number of aliphatic hydroxyl groups excluding tert-OH is 1. The maximum Gasteiger partial charge on any atom is 0.236 e. The minimum absolute atomic E-state index is 0.0615. The third-order valence-corrected chi connectivity index (χ3v) is 3.46. The summed E-state index contributed by atoms with van der Waals surface area (Å²) in [7, 11) is 1.64. The van der Waals surface area contributed by atoms with Crippen molar-refractivity contribution in [2.45, 2.75) is 25.5 Å². The summed E-state index contributed by atoms with van der Waals surface area (Å²) in [5, 5.41) is 19.5. The summed E-state index contributed by atoms with van der Waals surface area (Å²) in [6, 6.07) is 1.56. The molecule has 6 heteroatoms. The molecule has 0 aliphatic heterocycles. The van der Waals surface area contributed by atoms with Crippen molar-refractivity contribution in [1.29, 1.82) is 0 Å². The van der Waals surface area contributed by atoms with Crippen molar-refractivity contribution in [2.75, 3.05) is 26.8 Å². The fourth-order valence-corrected chi connectivity index (χ4v) is 2.25. The average Bonchev–Trinajstić information content (AvgIpc) is 2.94. The van der Waals surface area contributed by atoms with Crippen LogP contribution in [0, 0.1) is 0 Å². The molecule has 19 heavy (non-hydrogen) atoms. The van der Waals surface area contributed by atoms with Gasteiger partial charge in [-0.3, -0.25) is 4.79 Å². The van der Waals surface area contributed by atoms with Crippen LogP contribution in [0.2, 0.25) is 0 Å². The van der Waals surface area contributed by atoms with Crippen molar-refractivity contribution in [3.63, 3.8) is 0 Å². The maximum atomic E-state index is 11.7. The van der Waals surface area contributed by atoms with E-state index in [1.807, 2.05) is 16.8 Å². The van der Waals surface area contributed by atoms with Gasteiger partial charge in [0.25, 0.3) is 0 Å². The molecular formula is C13H22N2O3S. The molecule has 3 N–H and O–H groups in total. The number of thiophene rings is 1. The predicted octanol–water partition coefficient (Wildman–Crippen LogP) is 0.912. The second kappa shape index (κ2) is 9.03. The van der Waals surface area contributed by atoms with Crippen molar-refractivity contribution in [3.8, 4) is 0 Å². The lowest BCUT2D eigenvalue weighted by molar-refractivity contribution is -0.122. The lowest BCUT2D eigenvalue weighted by Gasteiger charge is -2.16. The number of hydrogen-bond donors (Lipinski definition) is 3. The van der Waals surface area contributed by atoms with E-state index < -0.39 is 6.10 Å². The molecule has 2 unspecified atom stereocenters. The smallest absolute Gasteiger partial charge is 0.236 e. The van der Waals surface area contributed by atoms with E-state index in [1.165, 1.54) is 0 Å². The molecule has 0 saturated heterocycles. The number of carbonyl (C=O) groups excluding carboxylic acids is 1. The van der Waals surface area contributed by atoms with Crippen LogP contribution >= 0.6 is 11.3 Å². The fraction of sp³-hybridized carbons (Fsp3) is 0.615. The van der Waals surface area contributed by atoms with Gasteiger partial charge in [0.1, 0.15) is 0 Å². The Balaban J connectivity index is 2.19. The zero-order chi connectivity index (χ0) is 14.1. The Morgan fingerprint density at radius 3 is 3.00 bits per heavy atom. The van der Waals surface area contributed by atoms with Gasteiger partial charge in [-0.1, -0.05) is 0 Å². The molecule has 1 amide bonds. The van der Waals surface area contributed by atoms with Gasteiger partial charge in [0.15, 0.2) is 0 Å². The van der Waals surface area contributed by atoms with E-state index in [-0.39, 0.29) is 11.9 Å². The van der Waals surface area contributed by atoms with Crippen molar-refractivity contribution in [2.24, 2.45) is 0 Å². The molecule has 0 fully saturated rings. The highest BCUT2D eigenvalue weighted by molar-refractivity contribution is 7.07. The van der Waals surface area contributed by atoms with E-state index in [0.29, 0.717) is 19.7 Å². The van der Waals surface area contributed by atoms with Crippen LogP contribution in [0.4, 0.5) is 0 Å². The number of aliphatic hydroxyl groups is 1. The van der Waals surface area contributed by atoms with Gasteiger partial charge in [0, 0.05) is 26.8 Å². The number of carbonyl (C=O) groups is 1. The number of ether oxygens (including phenoxy) is 1. The summed E-state index contributed by atoms with van der Waals surface area (Å²) in [5.41, 5.74) is 0.880. The van der Waals surface area contributed by atoms with E-state index in [2.05, 4.69) is 10.6 Å². The average molecular weight is 286 g/mol. The van der Waals surface area contributed by atoms with Gasteiger partial charge in [-0.05, 0) is 35.7 Å². The van der Waals surface area contributed by atoms with Crippen LogP contribution in [0.25, 0.3) is 0 Å². The number of methoxy groups -OCH3 is 1. The first-order valence-electron chi connectivity index (χ1n) is 6.35. The third-order valence-electron chi connectivity index (χ3n) is 2.76. The summed E-state index contributed by atoms with van der Waals surface area (Å²) in [6.07, 6.45) is 0.224. The molecule has 108 valence electrons. The van der Waals surface area contributed by atoms with Gasteiger partial charge in [0.05, 0.1) is 12.1 Å². The quantitative estimate of drug-likeness (QED) is 0.590. The summed E-state index contributed by atoms with van der Waals surface area (Å²) in [6.45, 7) is 3.39. The van der Waals surface area contributed by atoms with E-state index in [4.69, 9.17) is 4.74 Å². The first kappa shape index (κ1) is 16.1. The van der Waals surface area contributed by atoms with Gasteiger partial charge < -0.3 is 20.5 Å². The van der Waals surface area contributed by atoms with Gasteiger partial charge >= 0.3 is 0 Å². The summed E-state index contributed by atoms with van der Waals surface area (Å²) < 4.78 is 4.91. The zero-order valence-corrected chi connectivity index (χ0v) is 12.2. The van der Waals surface area contributed by atoms with Crippen LogP contribution < -0.4 is 10.6 Å². The summed E-state index contributed by atoms with van der Waals surface area (Å²) in [4.78, 5) is 11.7. The monoisotopic (exact) mass is 286 g/mol. The first-order valence-corrected chi connectivity index (χ1v) is 7.29. The second-order valence-electron chi connectivity index (χ2n) is 4.34. The molecule has 0 aliphatic rings. The summed E-state index contributed by atoms with van der Waals surface area (Å²) in [5.74, 6) is -0.0615. The lowest BCUT2D eigenvalue weighted by Crippen LogP contribution is -2.43. The topological polar surface area (TPSA) is 70.6 Å². The lowest BCUT2D eigenvalue weighted by atomic mass is 10.2. The molecular weight excluding hydrogens is 264 g/mol. The highest BCUT2D eigenvalue weighted by Gasteiger charge is 2.14. The standard InChI is InChI=1S/C13H22N2O3S/c1-10(13(17)14-5-3-6-18-2)15-8-12(16)11-4-7-19-9-11/h4,7,9-10,12,15-16H,3,5-6,8H2,1-2H3,(H,14,17). The van der Waals surface area contributed by atoms with Crippen LogP contribution in [0.15, 0.2) is 16.8 Å². The highest BCUT2D eigenvalue weighted by atomic mass is 32.1. The Morgan fingerprint density at radius 2 is 2.37 bits per heavy atom.